The number of aliphatic hydroxyl groups is 1. The van der Waals surface area contributed by atoms with Crippen LogP contribution >= 0.6 is 0 Å². The summed E-state index contributed by atoms with van der Waals surface area (Å²) in [4.78, 5) is 8.80. The Morgan fingerprint density at radius 3 is 2.38 bits per heavy atom. The number of rotatable bonds is 5. The van der Waals surface area contributed by atoms with Crippen LogP contribution in [0.5, 0.6) is 5.75 Å². The maximum absolute atomic E-state index is 10.2. The summed E-state index contributed by atoms with van der Waals surface area (Å²) >= 11 is 0. The number of hydrogen-bond donors (Lipinski definition) is 2. The molecule has 0 saturated heterocycles. The number of nitrogens with one attached hydrogen (secondary N) is 1. The first-order chi connectivity index (χ1) is 16.3. The molecular weight excluding hydrogens is 422 g/mol. The Kier molecular flexibility index (Phi) is 6.81. The van der Waals surface area contributed by atoms with Crippen molar-refractivity contribution in [2.45, 2.75) is 39.9 Å². The zero-order chi connectivity index (χ0) is 24.1. The van der Waals surface area contributed by atoms with Crippen molar-refractivity contribution >= 4 is 22.4 Å². The third-order valence-corrected chi connectivity index (χ3v) is 5.51. The molecule has 0 aliphatic rings. The Labute approximate surface area is 200 Å². The van der Waals surface area contributed by atoms with Crippen molar-refractivity contribution in [2.24, 2.45) is 5.41 Å². The van der Waals surface area contributed by atoms with Crippen molar-refractivity contribution in [3.8, 4) is 17.6 Å². The second-order valence-electron chi connectivity index (χ2n) is 9.31. The normalized spacial score (nSPS) is 13.0. The SMILES string of the molecule is CC(Oc1ccc(Nc2ncnc3ccc(C#CC(O)C(C)(C)C)cc23)cc1)c1ccccc1. The van der Waals surface area contributed by atoms with Crippen molar-refractivity contribution in [2.75, 3.05) is 5.32 Å². The minimum absolute atomic E-state index is 0.0397. The largest absolute Gasteiger partial charge is 0.486 e. The van der Waals surface area contributed by atoms with Gasteiger partial charge in [-0.2, -0.15) is 0 Å². The molecule has 3 aromatic carbocycles. The predicted molar refractivity (Wildman–Crippen MR) is 137 cm³/mol. The van der Waals surface area contributed by atoms with E-state index < -0.39 is 6.10 Å². The smallest absolute Gasteiger partial charge is 0.141 e. The number of aliphatic hydroxyl groups excluding tert-OH is 1. The van der Waals surface area contributed by atoms with Crippen molar-refractivity contribution in [3.05, 3.63) is 90.3 Å². The summed E-state index contributed by atoms with van der Waals surface area (Å²) < 4.78 is 6.07. The molecule has 1 aromatic heterocycles. The summed E-state index contributed by atoms with van der Waals surface area (Å²) in [5.74, 6) is 7.50. The average Bonchev–Trinajstić information content (AvgIpc) is 2.84. The quantitative estimate of drug-likeness (QED) is 0.350. The van der Waals surface area contributed by atoms with E-state index in [4.69, 9.17) is 4.74 Å². The second-order valence-corrected chi connectivity index (χ2v) is 9.31. The number of nitrogens with zero attached hydrogens (tertiary/aromatic N) is 2. The number of benzene rings is 3. The second kappa shape index (κ2) is 9.94. The van der Waals surface area contributed by atoms with Crippen LogP contribution in [0.3, 0.4) is 0 Å². The van der Waals surface area contributed by atoms with Crippen LogP contribution in [0.4, 0.5) is 11.5 Å². The Bertz CT molecular complexity index is 1320. The molecule has 2 unspecified atom stereocenters. The number of hydrogen-bond acceptors (Lipinski definition) is 5. The Morgan fingerprint density at radius 1 is 0.941 bits per heavy atom. The lowest BCUT2D eigenvalue weighted by atomic mass is 9.89. The van der Waals surface area contributed by atoms with Crippen LogP contribution in [0.1, 0.15) is 44.9 Å². The van der Waals surface area contributed by atoms with E-state index in [1.165, 1.54) is 0 Å². The first-order valence-corrected chi connectivity index (χ1v) is 11.3. The lowest BCUT2D eigenvalue weighted by Gasteiger charge is -2.20. The van der Waals surface area contributed by atoms with Crippen LogP contribution in [-0.2, 0) is 0 Å². The first-order valence-electron chi connectivity index (χ1n) is 11.3. The highest BCUT2D eigenvalue weighted by molar-refractivity contribution is 5.91. The predicted octanol–water partition coefficient (Wildman–Crippen LogP) is 6.27. The first kappa shape index (κ1) is 23.3. The maximum atomic E-state index is 10.2. The molecule has 0 bridgehead atoms. The molecular formula is C29H29N3O2. The van der Waals surface area contributed by atoms with Gasteiger partial charge in [-0.15, -0.1) is 0 Å². The average molecular weight is 452 g/mol. The van der Waals surface area contributed by atoms with Gasteiger partial charge in [0.05, 0.1) is 5.52 Å². The lowest BCUT2D eigenvalue weighted by Crippen LogP contribution is -2.23. The highest BCUT2D eigenvalue weighted by Gasteiger charge is 2.19. The fourth-order valence-electron chi connectivity index (χ4n) is 3.35. The highest BCUT2D eigenvalue weighted by atomic mass is 16.5. The van der Waals surface area contributed by atoms with Crippen molar-refractivity contribution < 1.29 is 9.84 Å². The molecule has 4 aromatic rings. The zero-order valence-electron chi connectivity index (χ0n) is 19.9. The number of ether oxygens (including phenoxy) is 1. The van der Waals surface area contributed by atoms with Gasteiger partial charge in [-0.3, -0.25) is 0 Å². The molecule has 0 aliphatic heterocycles. The van der Waals surface area contributed by atoms with Crippen LogP contribution in [0.2, 0.25) is 0 Å². The molecule has 0 aliphatic carbocycles. The molecule has 1 heterocycles. The van der Waals surface area contributed by atoms with E-state index in [2.05, 4.69) is 39.3 Å². The summed E-state index contributed by atoms with van der Waals surface area (Å²) in [6.07, 6.45) is 0.790. The molecule has 0 saturated carbocycles. The Balaban J connectivity index is 1.52. The van der Waals surface area contributed by atoms with E-state index in [-0.39, 0.29) is 11.5 Å². The molecule has 5 nitrogen and oxygen atoms in total. The van der Waals surface area contributed by atoms with Crippen molar-refractivity contribution in [1.82, 2.24) is 9.97 Å². The molecule has 0 radical (unpaired) electrons. The Morgan fingerprint density at radius 2 is 1.68 bits per heavy atom. The molecule has 2 N–H and O–H groups in total. The van der Waals surface area contributed by atoms with E-state index in [0.717, 1.165) is 33.5 Å². The number of anilines is 2. The van der Waals surface area contributed by atoms with Crippen LogP contribution in [0.15, 0.2) is 79.1 Å². The molecule has 0 amide bonds. The fourth-order valence-corrected chi connectivity index (χ4v) is 3.35. The van der Waals surface area contributed by atoms with E-state index >= 15 is 0 Å². The van der Waals surface area contributed by atoms with Gasteiger partial charge < -0.3 is 15.2 Å². The van der Waals surface area contributed by atoms with Crippen LogP contribution in [0.25, 0.3) is 10.9 Å². The van der Waals surface area contributed by atoms with Gasteiger partial charge in [0.25, 0.3) is 0 Å². The Hall–Kier alpha value is -3.88. The summed E-state index contributed by atoms with van der Waals surface area (Å²) in [5, 5.41) is 14.5. The van der Waals surface area contributed by atoms with Gasteiger partial charge in [-0.25, -0.2) is 9.97 Å². The van der Waals surface area contributed by atoms with Crippen molar-refractivity contribution in [3.63, 3.8) is 0 Å². The third kappa shape index (κ3) is 5.72. The van der Waals surface area contributed by atoms with Gasteiger partial charge in [-0.1, -0.05) is 62.9 Å². The molecule has 34 heavy (non-hydrogen) atoms. The molecule has 5 heteroatoms. The summed E-state index contributed by atoms with van der Waals surface area (Å²) in [6, 6.07) is 23.7. The highest BCUT2D eigenvalue weighted by Crippen LogP contribution is 2.27. The van der Waals surface area contributed by atoms with Crippen LogP contribution in [0, 0.1) is 17.3 Å². The van der Waals surface area contributed by atoms with E-state index in [9.17, 15) is 5.11 Å². The van der Waals surface area contributed by atoms with Gasteiger partial charge >= 0.3 is 0 Å². The zero-order valence-corrected chi connectivity index (χ0v) is 19.9. The minimum atomic E-state index is -0.710. The maximum Gasteiger partial charge on any atom is 0.141 e. The molecule has 2 atom stereocenters. The number of fused-ring (bicyclic) bond motifs is 1. The summed E-state index contributed by atoms with van der Waals surface area (Å²) in [6.45, 7) is 7.92. The number of aromatic nitrogens is 2. The third-order valence-electron chi connectivity index (χ3n) is 5.51. The lowest BCUT2D eigenvalue weighted by molar-refractivity contribution is 0.114. The molecule has 172 valence electrons. The van der Waals surface area contributed by atoms with E-state index in [1.54, 1.807) is 6.33 Å². The monoisotopic (exact) mass is 451 g/mol. The molecule has 0 fully saturated rings. The minimum Gasteiger partial charge on any atom is -0.486 e. The topological polar surface area (TPSA) is 67.3 Å². The van der Waals surface area contributed by atoms with Gasteiger partial charge in [-0.05, 0) is 60.4 Å². The van der Waals surface area contributed by atoms with Crippen LogP contribution in [-0.4, -0.2) is 21.2 Å². The van der Waals surface area contributed by atoms with Gasteiger partial charge in [0.2, 0.25) is 0 Å². The van der Waals surface area contributed by atoms with Gasteiger partial charge in [0.15, 0.2) is 0 Å². The fraction of sp³-hybridized carbons (Fsp3) is 0.241. The van der Waals surface area contributed by atoms with E-state index in [0.29, 0.717) is 5.82 Å². The van der Waals surface area contributed by atoms with Gasteiger partial charge in [0.1, 0.15) is 30.1 Å². The summed E-state index contributed by atoms with van der Waals surface area (Å²) in [5.41, 5.74) is 3.34. The van der Waals surface area contributed by atoms with Crippen molar-refractivity contribution in [1.29, 1.82) is 0 Å². The van der Waals surface area contributed by atoms with Crippen LogP contribution < -0.4 is 10.1 Å². The standard InChI is InChI=1S/C29H29N3O2/c1-20(22-8-6-5-7-9-22)34-24-14-12-23(13-15-24)32-28-25-18-21(10-16-26(25)30-19-31-28)11-17-27(33)29(2,3)4/h5-10,12-16,18-20,27,33H,1-4H3,(H,30,31,32). The molecule has 0 spiro atoms. The van der Waals surface area contributed by atoms with Gasteiger partial charge in [0, 0.05) is 16.6 Å². The molecule has 4 rings (SSSR count). The van der Waals surface area contributed by atoms with E-state index in [1.807, 2.05) is 88.4 Å². The summed E-state index contributed by atoms with van der Waals surface area (Å²) in [7, 11) is 0.